The van der Waals surface area contributed by atoms with Crippen LogP contribution in [0.15, 0.2) is 23.3 Å². The van der Waals surface area contributed by atoms with Crippen LogP contribution in [0, 0.1) is 45.8 Å². The van der Waals surface area contributed by atoms with Gasteiger partial charge < -0.3 is 5.11 Å². The summed E-state index contributed by atoms with van der Waals surface area (Å²) in [4.78, 5) is 12.7. The van der Waals surface area contributed by atoms with E-state index in [1.54, 1.807) is 0 Å². The number of hydrogen-bond donors (Lipinski definition) is 1. The number of fused-ring (bicyclic) bond motifs is 5. The van der Waals surface area contributed by atoms with Gasteiger partial charge in [-0.15, -0.1) is 0 Å². The van der Waals surface area contributed by atoms with E-state index in [1.807, 2.05) is 6.92 Å². The first-order valence-corrected chi connectivity index (χ1v) is 13.1. The second-order valence-corrected chi connectivity index (χ2v) is 12.7. The molecule has 0 aliphatic heterocycles. The molecule has 0 unspecified atom stereocenters. The van der Waals surface area contributed by atoms with Gasteiger partial charge >= 0.3 is 0 Å². The van der Waals surface area contributed by atoms with Gasteiger partial charge in [-0.2, -0.15) is 0 Å². The third-order valence-electron chi connectivity index (χ3n) is 10.8. The number of aliphatic hydroxyl groups is 1. The molecule has 2 heteroatoms. The minimum absolute atomic E-state index is 0.192. The number of allylic oxidation sites excluding steroid dienone is 3. The maximum Gasteiger partial charge on any atom is 0.142 e. The molecule has 0 aromatic rings. The number of carbonyl (C=O) groups is 1. The predicted octanol–water partition coefficient (Wildman–Crippen LogP) is 7.13. The molecule has 4 aliphatic rings. The molecule has 3 fully saturated rings. The standard InChI is InChI=1S/C29H46O2/c1-19(18-30)8-7-9-20(2)22-11-12-23-21-10-13-25-27(3,4)26(31)15-17-29(25,6)24(21)14-16-28(22,23)5/h8,13,20-24,30H,7,9-12,14-18H2,1-6H3/t20-,21-,22+,23-,24-,28+,29+/m0/s1. The molecule has 0 heterocycles. The number of hydrogen-bond acceptors (Lipinski definition) is 2. The molecule has 0 radical (unpaired) electrons. The van der Waals surface area contributed by atoms with E-state index in [4.69, 9.17) is 0 Å². The lowest BCUT2D eigenvalue weighted by molar-refractivity contribution is -0.132. The summed E-state index contributed by atoms with van der Waals surface area (Å²) in [5.74, 6) is 4.47. The zero-order valence-corrected chi connectivity index (χ0v) is 21.0. The normalized spacial score (nSPS) is 43.0. The van der Waals surface area contributed by atoms with Crippen molar-refractivity contribution in [2.24, 2.45) is 45.8 Å². The van der Waals surface area contributed by atoms with Gasteiger partial charge in [0, 0.05) is 11.8 Å². The van der Waals surface area contributed by atoms with Gasteiger partial charge in [0.2, 0.25) is 0 Å². The molecule has 4 aliphatic carbocycles. The van der Waals surface area contributed by atoms with Crippen LogP contribution in [0.1, 0.15) is 99.3 Å². The fraction of sp³-hybridized carbons (Fsp3) is 0.828. The van der Waals surface area contributed by atoms with Crippen molar-refractivity contribution in [3.63, 3.8) is 0 Å². The zero-order valence-electron chi connectivity index (χ0n) is 21.0. The monoisotopic (exact) mass is 426 g/mol. The van der Waals surface area contributed by atoms with Gasteiger partial charge in [0.1, 0.15) is 5.78 Å². The molecular weight excluding hydrogens is 380 g/mol. The molecule has 3 saturated carbocycles. The fourth-order valence-electron chi connectivity index (χ4n) is 9.05. The van der Waals surface area contributed by atoms with Crippen molar-refractivity contribution in [3.05, 3.63) is 23.3 Å². The molecule has 0 spiro atoms. The van der Waals surface area contributed by atoms with Crippen molar-refractivity contribution in [1.82, 2.24) is 0 Å². The van der Waals surface area contributed by atoms with Gasteiger partial charge in [-0.25, -0.2) is 0 Å². The zero-order chi connectivity index (χ0) is 22.6. The Kier molecular flexibility index (Phi) is 6.12. The lowest BCUT2D eigenvalue weighted by atomic mass is 9.44. The summed E-state index contributed by atoms with van der Waals surface area (Å²) in [6, 6.07) is 0. The van der Waals surface area contributed by atoms with Gasteiger partial charge in [-0.3, -0.25) is 4.79 Å². The maximum atomic E-state index is 12.7. The van der Waals surface area contributed by atoms with Crippen LogP contribution in [0.3, 0.4) is 0 Å². The molecule has 0 aromatic heterocycles. The molecule has 0 aromatic carbocycles. The third kappa shape index (κ3) is 3.60. The van der Waals surface area contributed by atoms with Crippen molar-refractivity contribution in [2.45, 2.75) is 99.3 Å². The highest BCUT2D eigenvalue weighted by molar-refractivity contribution is 5.89. The van der Waals surface area contributed by atoms with Crippen LogP contribution in [0.25, 0.3) is 0 Å². The van der Waals surface area contributed by atoms with Gasteiger partial charge in [0.25, 0.3) is 0 Å². The highest BCUT2D eigenvalue weighted by Crippen LogP contribution is 2.68. The van der Waals surface area contributed by atoms with Crippen LogP contribution in [0.5, 0.6) is 0 Å². The van der Waals surface area contributed by atoms with E-state index in [-0.39, 0.29) is 17.4 Å². The predicted molar refractivity (Wildman–Crippen MR) is 129 cm³/mol. The van der Waals surface area contributed by atoms with Crippen LogP contribution < -0.4 is 0 Å². The number of rotatable bonds is 5. The Morgan fingerprint density at radius 2 is 1.90 bits per heavy atom. The maximum absolute atomic E-state index is 12.7. The minimum Gasteiger partial charge on any atom is -0.392 e. The molecule has 174 valence electrons. The third-order valence-corrected chi connectivity index (χ3v) is 10.8. The lowest BCUT2D eigenvalue weighted by Crippen LogP contribution is -2.53. The highest BCUT2D eigenvalue weighted by Gasteiger charge is 2.61. The van der Waals surface area contributed by atoms with E-state index in [0.29, 0.717) is 11.2 Å². The molecule has 31 heavy (non-hydrogen) atoms. The summed E-state index contributed by atoms with van der Waals surface area (Å²) in [5, 5.41) is 9.28. The van der Waals surface area contributed by atoms with Crippen molar-refractivity contribution >= 4 is 5.78 Å². The molecule has 0 amide bonds. The first-order valence-electron chi connectivity index (χ1n) is 13.1. The summed E-state index contributed by atoms with van der Waals surface area (Å²) >= 11 is 0. The minimum atomic E-state index is -0.258. The molecule has 1 N–H and O–H groups in total. The second-order valence-electron chi connectivity index (χ2n) is 12.7. The van der Waals surface area contributed by atoms with E-state index in [0.717, 1.165) is 54.4 Å². The molecular formula is C29H46O2. The molecule has 0 saturated heterocycles. The number of carbonyl (C=O) groups excluding carboxylic acids is 1. The smallest absolute Gasteiger partial charge is 0.142 e. The number of Topliss-reactive ketones (excluding diaryl/α,β-unsaturated/α-hetero) is 1. The van der Waals surface area contributed by atoms with Crippen LogP contribution in [-0.4, -0.2) is 17.5 Å². The Labute approximate surface area is 191 Å². The summed E-state index contributed by atoms with van der Waals surface area (Å²) < 4.78 is 0. The largest absolute Gasteiger partial charge is 0.392 e. The van der Waals surface area contributed by atoms with Gasteiger partial charge in [0.05, 0.1) is 6.61 Å². The Bertz CT molecular complexity index is 774. The van der Waals surface area contributed by atoms with E-state index in [1.165, 1.54) is 44.1 Å². The number of ketones is 1. The van der Waals surface area contributed by atoms with Crippen molar-refractivity contribution in [3.8, 4) is 0 Å². The Hall–Kier alpha value is -0.890. The fourth-order valence-corrected chi connectivity index (χ4v) is 9.05. The SMILES string of the molecule is CC(=CCC[C@H](C)[C@H]1CC[C@H]2[C@@H]3CC=C4C(C)(C)C(=O)CC[C@]4(C)[C@H]3CC[C@]12C)CO. The summed E-state index contributed by atoms with van der Waals surface area (Å²) in [6.45, 7) is 14.2. The van der Waals surface area contributed by atoms with Gasteiger partial charge in [-0.1, -0.05) is 44.1 Å². The van der Waals surface area contributed by atoms with E-state index >= 15 is 0 Å². The Morgan fingerprint density at radius 1 is 1.16 bits per heavy atom. The van der Waals surface area contributed by atoms with Crippen LogP contribution in [0.4, 0.5) is 0 Å². The molecule has 4 rings (SSSR count). The van der Waals surface area contributed by atoms with Crippen molar-refractivity contribution < 1.29 is 9.90 Å². The van der Waals surface area contributed by atoms with Crippen molar-refractivity contribution in [2.75, 3.05) is 6.61 Å². The summed E-state index contributed by atoms with van der Waals surface area (Å²) in [7, 11) is 0. The quantitative estimate of drug-likeness (QED) is 0.475. The van der Waals surface area contributed by atoms with Crippen LogP contribution >= 0.6 is 0 Å². The van der Waals surface area contributed by atoms with E-state index in [2.05, 4.69) is 46.8 Å². The summed E-state index contributed by atoms with van der Waals surface area (Å²) in [5.41, 5.74) is 3.05. The molecule has 7 atom stereocenters. The first-order chi connectivity index (χ1) is 14.6. The van der Waals surface area contributed by atoms with Crippen molar-refractivity contribution in [1.29, 1.82) is 0 Å². The topological polar surface area (TPSA) is 37.3 Å². The Morgan fingerprint density at radius 3 is 2.61 bits per heavy atom. The van der Waals surface area contributed by atoms with Gasteiger partial charge in [-0.05, 0) is 113 Å². The second kappa shape index (κ2) is 8.15. The molecule has 2 nitrogen and oxygen atoms in total. The Balaban J connectivity index is 1.54. The van der Waals surface area contributed by atoms with Gasteiger partial charge in [0.15, 0.2) is 0 Å². The van der Waals surface area contributed by atoms with E-state index < -0.39 is 0 Å². The van der Waals surface area contributed by atoms with E-state index in [9.17, 15) is 9.90 Å². The average Bonchev–Trinajstić information content (AvgIpc) is 3.08. The molecule has 0 bridgehead atoms. The number of aliphatic hydroxyl groups excluding tert-OH is 1. The lowest BCUT2D eigenvalue weighted by Gasteiger charge is -2.60. The average molecular weight is 427 g/mol. The highest BCUT2D eigenvalue weighted by atomic mass is 16.3. The van der Waals surface area contributed by atoms with Crippen LogP contribution in [0.2, 0.25) is 0 Å². The first kappa shape index (κ1) is 23.3. The van der Waals surface area contributed by atoms with Crippen LogP contribution in [-0.2, 0) is 4.79 Å². The summed E-state index contributed by atoms with van der Waals surface area (Å²) in [6.07, 6.45) is 15.7.